The van der Waals surface area contributed by atoms with Crippen LogP contribution in [0.4, 0.5) is 4.39 Å². The molecule has 1 saturated heterocycles. The number of esters is 1. The molecule has 9 nitrogen and oxygen atoms in total. The van der Waals surface area contributed by atoms with Crippen LogP contribution in [0.15, 0.2) is 30.3 Å². The van der Waals surface area contributed by atoms with Crippen molar-refractivity contribution in [1.29, 1.82) is 0 Å². The van der Waals surface area contributed by atoms with Crippen molar-refractivity contribution in [2.24, 2.45) is 5.92 Å². The summed E-state index contributed by atoms with van der Waals surface area (Å²) in [6.45, 7) is 2.70. The summed E-state index contributed by atoms with van der Waals surface area (Å²) in [7, 11) is -3.21. The van der Waals surface area contributed by atoms with Crippen LogP contribution in [-0.2, 0) is 23.4 Å². The molecule has 28 heavy (non-hydrogen) atoms. The van der Waals surface area contributed by atoms with Gasteiger partial charge in [-0.25, -0.2) is 8.96 Å². The third-order valence-electron chi connectivity index (χ3n) is 4.09. The minimum atomic E-state index is -4.38. The monoisotopic (exact) mass is 421 g/mol. The van der Waals surface area contributed by atoms with E-state index in [4.69, 9.17) is 23.6 Å². The summed E-state index contributed by atoms with van der Waals surface area (Å²) < 4.78 is 48.1. The van der Waals surface area contributed by atoms with Crippen LogP contribution >= 0.6 is 7.75 Å². The number of methoxy groups -OCH3 is 1. The summed E-state index contributed by atoms with van der Waals surface area (Å²) in [6.07, 6.45) is -6.77. The van der Waals surface area contributed by atoms with Crippen LogP contribution in [0.3, 0.4) is 0 Å². The fourth-order valence-corrected chi connectivity index (χ4v) is 4.27. The van der Waals surface area contributed by atoms with Crippen molar-refractivity contribution < 1.29 is 42.5 Å². The van der Waals surface area contributed by atoms with Crippen molar-refractivity contribution in [3.05, 3.63) is 30.3 Å². The van der Waals surface area contributed by atoms with Crippen LogP contribution < -0.4 is 9.61 Å². The van der Waals surface area contributed by atoms with E-state index in [-0.39, 0.29) is 11.7 Å². The maximum atomic E-state index is 14.3. The summed E-state index contributed by atoms with van der Waals surface area (Å²) in [4.78, 5) is 12.0. The lowest BCUT2D eigenvalue weighted by Crippen LogP contribution is -2.42. The summed E-state index contributed by atoms with van der Waals surface area (Å²) in [5, 5.41) is 21.4. The van der Waals surface area contributed by atoms with Crippen molar-refractivity contribution in [2.45, 2.75) is 44.6 Å². The lowest BCUT2D eigenvalue weighted by atomic mass is 10.1. The predicted molar refractivity (Wildman–Crippen MR) is 96.2 cm³/mol. The second-order valence-corrected chi connectivity index (χ2v) is 8.19. The van der Waals surface area contributed by atoms with Crippen LogP contribution in [0, 0.1) is 5.92 Å². The Kier molecular flexibility index (Phi) is 7.94. The van der Waals surface area contributed by atoms with Crippen LogP contribution in [-0.4, -0.2) is 60.6 Å². The number of para-hydroxylation sites is 1. The van der Waals surface area contributed by atoms with Crippen molar-refractivity contribution in [3.8, 4) is 5.75 Å². The highest BCUT2D eigenvalue weighted by molar-refractivity contribution is 7.52. The molecule has 0 amide bonds. The number of ether oxygens (including phenoxy) is 2. The lowest BCUT2D eigenvalue weighted by molar-refractivity contribution is -0.144. The van der Waals surface area contributed by atoms with Gasteiger partial charge in [0.1, 0.15) is 24.0 Å². The summed E-state index contributed by atoms with van der Waals surface area (Å²) in [5.74, 6) is -0.948. The predicted octanol–water partition coefficient (Wildman–Crippen LogP) is 1.39. The van der Waals surface area contributed by atoms with Gasteiger partial charge in [0.2, 0.25) is 6.29 Å². The standard InChI is InChI=1S/C17H25FNO8P/c1-10(2)14(16(22)24-3)19-28(23,26-11-7-5-4-6-8-11)27-17-13(18)15(21)12(9-20)25-17/h4-8,10,12-15,17,20-21H,9H2,1-3H3,(H,19,23)/t12-,13+,14+,15-,17-,28?/m1/s1. The molecular formula is C17H25FNO8P. The summed E-state index contributed by atoms with van der Waals surface area (Å²) in [5.41, 5.74) is 0. The quantitative estimate of drug-likeness (QED) is 0.401. The summed E-state index contributed by atoms with van der Waals surface area (Å²) >= 11 is 0. The van der Waals surface area contributed by atoms with Gasteiger partial charge in [0.05, 0.1) is 13.7 Å². The highest BCUT2D eigenvalue weighted by Gasteiger charge is 2.49. The second kappa shape index (κ2) is 9.78. The Balaban J connectivity index is 2.28. The number of aliphatic hydroxyl groups is 2. The molecule has 0 bridgehead atoms. The Morgan fingerprint density at radius 2 is 2.00 bits per heavy atom. The second-order valence-electron chi connectivity index (χ2n) is 6.54. The van der Waals surface area contributed by atoms with E-state index in [0.29, 0.717) is 0 Å². The molecule has 1 aromatic rings. The van der Waals surface area contributed by atoms with Gasteiger partial charge in [-0.2, -0.15) is 5.09 Å². The van der Waals surface area contributed by atoms with E-state index in [1.165, 1.54) is 19.2 Å². The number of hydrogen-bond acceptors (Lipinski definition) is 8. The number of halogens is 1. The molecular weight excluding hydrogens is 396 g/mol. The molecule has 1 aliphatic rings. The lowest BCUT2D eigenvalue weighted by Gasteiger charge is -2.28. The fourth-order valence-electron chi connectivity index (χ4n) is 2.53. The molecule has 0 aliphatic carbocycles. The maximum Gasteiger partial charge on any atom is 0.461 e. The topological polar surface area (TPSA) is 124 Å². The SMILES string of the molecule is COC(=O)[C@@H](NP(=O)(Oc1ccccc1)O[C@H]1O[C@H](CO)[C@@H](O)[C@@H]1F)C(C)C. The zero-order chi connectivity index (χ0) is 20.9. The van der Waals surface area contributed by atoms with Gasteiger partial charge in [-0.15, -0.1) is 0 Å². The number of aliphatic hydroxyl groups excluding tert-OH is 2. The molecule has 158 valence electrons. The molecule has 0 radical (unpaired) electrons. The number of alkyl halides is 1. The van der Waals surface area contributed by atoms with E-state index < -0.39 is 51.0 Å². The van der Waals surface area contributed by atoms with Crippen molar-refractivity contribution >= 4 is 13.7 Å². The smallest absolute Gasteiger partial charge is 0.461 e. The van der Waals surface area contributed by atoms with E-state index in [1.54, 1.807) is 32.0 Å². The van der Waals surface area contributed by atoms with E-state index >= 15 is 0 Å². The zero-order valence-electron chi connectivity index (χ0n) is 15.7. The van der Waals surface area contributed by atoms with Crippen LogP contribution in [0.1, 0.15) is 13.8 Å². The van der Waals surface area contributed by atoms with Crippen molar-refractivity contribution in [2.75, 3.05) is 13.7 Å². The molecule has 1 unspecified atom stereocenters. The van der Waals surface area contributed by atoms with E-state index in [2.05, 4.69) is 5.09 Å². The van der Waals surface area contributed by atoms with Crippen molar-refractivity contribution in [1.82, 2.24) is 5.09 Å². The van der Waals surface area contributed by atoms with Gasteiger partial charge in [0.25, 0.3) is 0 Å². The first-order chi connectivity index (χ1) is 13.2. The van der Waals surface area contributed by atoms with E-state index in [1.807, 2.05) is 0 Å². The number of benzene rings is 1. The van der Waals surface area contributed by atoms with Crippen LogP contribution in [0.2, 0.25) is 0 Å². The molecule has 1 aliphatic heterocycles. The van der Waals surface area contributed by atoms with Gasteiger partial charge >= 0.3 is 13.7 Å². The Bertz CT molecular complexity index is 691. The average molecular weight is 421 g/mol. The van der Waals surface area contributed by atoms with Gasteiger partial charge < -0.3 is 24.2 Å². The average Bonchev–Trinajstić information content (AvgIpc) is 2.93. The largest absolute Gasteiger partial charge is 0.468 e. The first-order valence-corrected chi connectivity index (χ1v) is 10.2. The van der Waals surface area contributed by atoms with E-state index in [0.717, 1.165) is 0 Å². The van der Waals surface area contributed by atoms with Gasteiger partial charge in [0, 0.05) is 0 Å². The Hall–Kier alpha value is -1.55. The number of carbonyl (C=O) groups is 1. The Morgan fingerprint density at radius 3 is 2.50 bits per heavy atom. The van der Waals surface area contributed by atoms with Gasteiger partial charge in [-0.3, -0.25) is 9.32 Å². The molecule has 1 fully saturated rings. The van der Waals surface area contributed by atoms with E-state index in [9.17, 15) is 18.9 Å². The highest BCUT2D eigenvalue weighted by Crippen LogP contribution is 2.48. The number of carbonyl (C=O) groups excluding carboxylic acids is 1. The van der Waals surface area contributed by atoms with Gasteiger partial charge in [0.15, 0.2) is 6.17 Å². The molecule has 11 heteroatoms. The minimum absolute atomic E-state index is 0.137. The van der Waals surface area contributed by atoms with Gasteiger partial charge in [-0.1, -0.05) is 32.0 Å². The molecule has 0 aromatic heterocycles. The normalized spacial score (nSPS) is 28.0. The van der Waals surface area contributed by atoms with Crippen LogP contribution in [0.25, 0.3) is 0 Å². The van der Waals surface area contributed by atoms with Crippen LogP contribution in [0.5, 0.6) is 5.75 Å². The first-order valence-electron chi connectivity index (χ1n) is 8.68. The molecule has 2 rings (SSSR count). The molecule has 1 aromatic carbocycles. The number of rotatable bonds is 9. The number of hydrogen-bond donors (Lipinski definition) is 3. The Morgan fingerprint density at radius 1 is 1.36 bits per heavy atom. The maximum absolute atomic E-state index is 14.3. The fraction of sp³-hybridized carbons (Fsp3) is 0.588. The molecule has 0 saturated carbocycles. The molecule has 6 atom stereocenters. The first kappa shape index (κ1) is 22.7. The molecule has 1 heterocycles. The Labute approximate surface area is 162 Å². The minimum Gasteiger partial charge on any atom is -0.468 e. The third kappa shape index (κ3) is 5.50. The number of nitrogens with one attached hydrogen (secondary N) is 1. The van der Waals surface area contributed by atoms with Crippen molar-refractivity contribution in [3.63, 3.8) is 0 Å². The third-order valence-corrected chi connectivity index (χ3v) is 5.62. The zero-order valence-corrected chi connectivity index (χ0v) is 16.6. The highest BCUT2D eigenvalue weighted by atomic mass is 31.2. The molecule has 3 N–H and O–H groups in total. The molecule has 0 spiro atoms. The summed E-state index contributed by atoms with van der Waals surface area (Å²) in [6, 6.07) is 6.85. The van der Waals surface area contributed by atoms with Gasteiger partial charge in [-0.05, 0) is 18.1 Å².